The Morgan fingerprint density at radius 2 is 2.00 bits per heavy atom. The van der Waals surface area contributed by atoms with Crippen LogP contribution < -0.4 is 4.74 Å². The minimum Gasteiger partial charge on any atom is -0.496 e. The monoisotopic (exact) mass is 261 g/mol. The molecule has 0 aliphatic rings. The molecule has 0 aliphatic heterocycles. The first-order valence-corrected chi connectivity index (χ1v) is 5.81. The first-order chi connectivity index (χ1) is 8.95. The fourth-order valence-corrected chi connectivity index (χ4v) is 2.20. The van der Waals surface area contributed by atoms with Gasteiger partial charge in [0, 0.05) is 0 Å². The molecule has 5 heteroatoms. The van der Waals surface area contributed by atoms with E-state index >= 15 is 0 Å². The van der Waals surface area contributed by atoms with Crippen molar-refractivity contribution in [1.82, 2.24) is 5.16 Å². The molecule has 0 unspecified atom stereocenters. The quantitative estimate of drug-likeness (QED) is 0.919. The van der Waals surface area contributed by atoms with E-state index in [0.717, 1.165) is 11.1 Å². The van der Waals surface area contributed by atoms with Crippen LogP contribution in [0, 0.1) is 20.8 Å². The van der Waals surface area contributed by atoms with Gasteiger partial charge in [-0.1, -0.05) is 11.2 Å². The van der Waals surface area contributed by atoms with Crippen LogP contribution in [0.15, 0.2) is 16.7 Å². The molecule has 19 heavy (non-hydrogen) atoms. The molecule has 1 heterocycles. The van der Waals surface area contributed by atoms with Gasteiger partial charge in [-0.05, 0) is 38.0 Å². The smallest absolute Gasteiger partial charge is 0.341 e. The van der Waals surface area contributed by atoms with Crippen molar-refractivity contribution in [3.8, 4) is 17.1 Å². The Labute approximate surface area is 110 Å². The maximum Gasteiger partial charge on any atom is 0.341 e. The van der Waals surface area contributed by atoms with Gasteiger partial charge in [0.2, 0.25) is 0 Å². The summed E-state index contributed by atoms with van der Waals surface area (Å²) in [6.07, 6.45) is 0. The van der Waals surface area contributed by atoms with Crippen LogP contribution in [0.25, 0.3) is 11.3 Å². The van der Waals surface area contributed by atoms with Gasteiger partial charge in [0.05, 0.1) is 18.4 Å². The SMILES string of the molecule is COc1c(C)cc(C)cc1-c1onc(C)c1C(=O)O. The van der Waals surface area contributed by atoms with Crippen LogP contribution >= 0.6 is 0 Å². The van der Waals surface area contributed by atoms with E-state index in [0.29, 0.717) is 17.0 Å². The van der Waals surface area contributed by atoms with Crippen LogP contribution in [0.4, 0.5) is 0 Å². The third kappa shape index (κ3) is 2.19. The highest BCUT2D eigenvalue weighted by atomic mass is 16.5. The predicted octanol–water partition coefficient (Wildman–Crippen LogP) is 2.97. The van der Waals surface area contributed by atoms with Crippen LogP contribution in [0.1, 0.15) is 27.2 Å². The molecule has 0 atom stereocenters. The lowest BCUT2D eigenvalue weighted by Gasteiger charge is -2.11. The average Bonchev–Trinajstić information content (AvgIpc) is 2.70. The molecule has 100 valence electrons. The number of aromatic nitrogens is 1. The molecule has 5 nitrogen and oxygen atoms in total. The van der Waals surface area contributed by atoms with Gasteiger partial charge in [0.1, 0.15) is 11.3 Å². The molecule has 1 aromatic carbocycles. The van der Waals surface area contributed by atoms with Crippen LogP contribution in [0.2, 0.25) is 0 Å². The molecular formula is C14H15NO4. The van der Waals surface area contributed by atoms with Crippen molar-refractivity contribution in [2.75, 3.05) is 7.11 Å². The van der Waals surface area contributed by atoms with Gasteiger partial charge in [-0.3, -0.25) is 0 Å². The molecule has 0 aliphatic carbocycles. The summed E-state index contributed by atoms with van der Waals surface area (Å²) in [5, 5.41) is 13.0. The normalized spacial score (nSPS) is 10.5. The zero-order chi connectivity index (χ0) is 14.2. The highest BCUT2D eigenvalue weighted by molar-refractivity contribution is 5.96. The van der Waals surface area contributed by atoms with Crippen molar-refractivity contribution in [1.29, 1.82) is 0 Å². The number of carboxylic acid groups (broad SMARTS) is 1. The summed E-state index contributed by atoms with van der Waals surface area (Å²) in [7, 11) is 1.55. The summed E-state index contributed by atoms with van der Waals surface area (Å²) < 4.78 is 10.5. The number of aromatic carboxylic acids is 1. The summed E-state index contributed by atoms with van der Waals surface area (Å²) >= 11 is 0. The van der Waals surface area contributed by atoms with Crippen LogP contribution in [0.5, 0.6) is 5.75 Å². The second-order valence-corrected chi connectivity index (χ2v) is 4.44. The van der Waals surface area contributed by atoms with Crippen molar-refractivity contribution in [3.05, 3.63) is 34.5 Å². The fraction of sp³-hybridized carbons (Fsp3) is 0.286. The Balaban J connectivity index is 2.75. The predicted molar refractivity (Wildman–Crippen MR) is 69.7 cm³/mol. The van der Waals surface area contributed by atoms with E-state index in [-0.39, 0.29) is 11.3 Å². The molecule has 0 bridgehead atoms. The second kappa shape index (κ2) is 4.76. The van der Waals surface area contributed by atoms with Crippen molar-refractivity contribution in [2.45, 2.75) is 20.8 Å². The highest BCUT2D eigenvalue weighted by Crippen LogP contribution is 2.36. The van der Waals surface area contributed by atoms with E-state index in [1.54, 1.807) is 14.0 Å². The molecule has 0 radical (unpaired) electrons. The first-order valence-electron chi connectivity index (χ1n) is 5.81. The molecule has 0 fully saturated rings. The zero-order valence-electron chi connectivity index (χ0n) is 11.3. The van der Waals surface area contributed by atoms with Gasteiger partial charge >= 0.3 is 5.97 Å². The Morgan fingerprint density at radius 3 is 2.58 bits per heavy atom. The maximum absolute atomic E-state index is 11.3. The van der Waals surface area contributed by atoms with Crippen LogP contribution in [-0.4, -0.2) is 23.3 Å². The Morgan fingerprint density at radius 1 is 1.32 bits per heavy atom. The molecule has 1 N–H and O–H groups in total. The van der Waals surface area contributed by atoms with Gasteiger partial charge in [0.25, 0.3) is 0 Å². The number of methoxy groups -OCH3 is 1. The molecular weight excluding hydrogens is 246 g/mol. The maximum atomic E-state index is 11.3. The molecule has 2 aromatic rings. The first kappa shape index (κ1) is 13.1. The summed E-state index contributed by atoms with van der Waals surface area (Å²) in [4.78, 5) is 11.3. The van der Waals surface area contributed by atoms with E-state index in [4.69, 9.17) is 9.26 Å². The zero-order valence-corrected chi connectivity index (χ0v) is 11.3. The lowest BCUT2D eigenvalue weighted by Crippen LogP contribution is -2.00. The molecule has 1 aromatic heterocycles. The third-order valence-corrected chi connectivity index (χ3v) is 2.94. The summed E-state index contributed by atoms with van der Waals surface area (Å²) in [6.45, 7) is 5.43. The van der Waals surface area contributed by atoms with Gasteiger partial charge in [0.15, 0.2) is 5.76 Å². The number of ether oxygens (including phenoxy) is 1. The lowest BCUT2D eigenvalue weighted by atomic mass is 10.0. The van der Waals surface area contributed by atoms with Crippen molar-refractivity contribution in [2.24, 2.45) is 0 Å². The van der Waals surface area contributed by atoms with Gasteiger partial charge in [-0.2, -0.15) is 0 Å². The second-order valence-electron chi connectivity index (χ2n) is 4.44. The topological polar surface area (TPSA) is 72.6 Å². The van der Waals surface area contributed by atoms with E-state index in [1.807, 2.05) is 26.0 Å². The number of nitrogens with zero attached hydrogens (tertiary/aromatic N) is 1. The third-order valence-electron chi connectivity index (χ3n) is 2.94. The molecule has 0 saturated heterocycles. The number of hydrogen-bond donors (Lipinski definition) is 1. The lowest BCUT2D eigenvalue weighted by molar-refractivity contribution is 0.0696. The summed E-state index contributed by atoms with van der Waals surface area (Å²) in [5.74, 6) is -0.229. The molecule has 2 rings (SSSR count). The van der Waals surface area contributed by atoms with E-state index in [9.17, 15) is 9.90 Å². The highest BCUT2D eigenvalue weighted by Gasteiger charge is 2.24. The van der Waals surface area contributed by atoms with Crippen molar-refractivity contribution >= 4 is 5.97 Å². The Bertz CT molecular complexity index is 643. The van der Waals surface area contributed by atoms with Gasteiger partial charge in [-0.15, -0.1) is 0 Å². The standard InChI is InChI=1S/C14H15NO4/c1-7-5-8(2)12(18-4)10(6-7)13-11(14(16)17)9(3)15-19-13/h5-6H,1-4H3,(H,16,17). The number of benzene rings is 1. The van der Waals surface area contributed by atoms with E-state index in [2.05, 4.69) is 5.16 Å². The molecule has 0 amide bonds. The number of carboxylic acids is 1. The minimum absolute atomic E-state index is 0.0725. The Hall–Kier alpha value is -2.30. The van der Waals surface area contributed by atoms with Crippen molar-refractivity contribution < 1.29 is 19.2 Å². The number of rotatable bonds is 3. The average molecular weight is 261 g/mol. The van der Waals surface area contributed by atoms with Gasteiger partial charge in [-0.25, -0.2) is 4.79 Å². The summed E-state index contributed by atoms with van der Waals surface area (Å²) in [6, 6.07) is 3.80. The number of hydrogen-bond acceptors (Lipinski definition) is 4. The van der Waals surface area contributed by atoms with E-state index in [1.165, 1.54) is 0 Å². The van der Waals surface area contributed by atoms with Crippen LogP contribution in [-0.2, 0) is 0 Å². The van der Waals surface area contributed by atoms with E-state index < -0.39 is 5.97 Å². The largest absolute Gasteiger partial charge is 0.496 e. The Kier molecular flexibility index (Phi) is 3.29. The molecule has 0 spiro atoms. The minimum atomic E-state index is -1.06. The number of carbonyl (C=O) groups is 1. The van der Waals surface area contributed by atoms with Gasteiger partial charge < -0.3 is 14.4 Å². The van der Waals surface area contributed by atoms with Crippen LogP contribution in [0.3, 0.4) is 0 Å². The number of aryl methyl sites for hydroxylation is 3. The molecule has 0 saturated carbocycles. The summed E-state index contributed by atoms with van der Waals surface area (Å²) in [5.41, 5.74) is 2.95. The fourth-order valence-electron chi connectivity index (χ4n) is 2.20. The van der Waals surface area contributed by atoms with Crippen molar-refractivity contribution in [3.63, 3.8) is 0 Å².